The molecule has 3 aromatic rings. The second-order valence-electron chi connectivity index (χ2n) is 8.44. The number of carbonyl (C=O) groups excluding carboxylic acids is 2. The van der Waals surface area contributed by atoms with Crippen LogP contribution in [-0.4, -0.2) is 76.0 Å². The van der Waals surface area contributed by atoms with Gasteiger partial charge in [0.1, 0.15) is 24.6 Å². The lowest BCUT2D eigenvalue weighted by atomic mass is 10.1. The second kappa shape index (κ2) is 8.98. The Bertz CT molecular complexity index is 1230. The minimum Gasteiger partial charge on any atom is -0.446 e. The molecule has 0 aliphatic carbocycles. The van der Waals surface area contributed by atoms with Crippen molar-refractivity contribution in [1.29, 1.82) is 0 Å². The zero-order valence-electron chi connectivity index (χ0n) is 18.7. The third-order valence-electron chi connectivity index (χ3n) is 6.25. The summed E-state index contributed by atoms with van der Waals surface area (Å²) in [5.41, 5.74) is -0.666. The number of hydrogen-bond acceptors (Lipinski definition) is 8. The van der Waals surface area contributed by atoms with Crippen LogP contribution >= 0.6 is 11.3 Å². The quantitative estimate of drug-likeness (QED) is 0.577. The van der Waals surface area contributed by atoms with Gasteiger partial charge in [-0.1, -0.05) is 0 Å². The van der Waals surface area contributed by atoms with Crippen molar-refractivity contribution in [2.24, 2.45) is 0 Å². The highest BCUT2D eigenvalue weighted by molar-refractivity contribution is 7.17. The Kier molecular flexibility index (Phi) is 5.99. The molecule has 2 aliphatic heterocycles. The van der Waals surface area contributed by atoms with E-state index in [1.165, 1.54) is 18.8 Å². The summed E-state index contributed by atoms with van der Waals surface area (Å²) in [7, 11) is 1.42. The first kappa shape index (κ1) is 23.3. The van der Waals surface area contributed by atoms with Crippen molar-refractivity contribution < 1.29 is 27.5 Å². The molecule has 1 N–H and O–H groups in total. The lowest BCUT2D eigenvalue weighted by Crippen LogP contribution is -2.52. The molecule has 0 atom stereocenters. The van der Waals surface area contributed by atoms with E-state index in [9.17, 15) is 22.8 Å². The topological polar surface area (TPSA) is 105 Å². The van der Waals surface area contributed by atoms with E-state index in [0.29, 0.717) is 39.0 Å². The molecule has 5 rings (SSSR count). The summed E-state index contributed by atoms with van der Waals surface area (Å²) in [4.78, 5) is 36.2. The van der Waals surface area contributed by atoms with Gasteiger partial charge in [0, 0.05) is 51.4 Å². The van der Waals surface area contributed by atoms with Gasteiger partial charge in [-0.15, -0.1) is 11.3 Å². The summed E-state index contributed by atoms with van der Waals surface area (Å²) in [6.45, 7) is 1.71. The van der Waals surface area contributed by atoms with E-state index in [1.54, 1.807) is 20.8 Å². The number of fused-ring (bicyclic) bond motifs is 1. The lowest BCUT2D eigenvalue weighted by molar-refractivity contribution is -0.136. The number of rotatable bonds is 4. The van der Waals surface area contributed by atoms with Gasteiger partial charge in [-0.25, -0.2) is 19.4 Å². The van der Waals surface area contributed by atoms with Gasteiger partial charge < -0.3 is 19.9 Å². The summed E-state index contributed by atoms with van der Waals surface area (Å²) >= 11 is 0.850. The number of amides is 2. The van der Waals surface area contributed by atoms with Crippen molar-refractivity contribution in [3.05, 3.63) is 35.2 Å². The zero-order valence-corrected chi connectivity index (χ0v) is 19.5. The molecular weight excluding hydrogens is 487 g/mol. The van der Waals surface area contributed by atoms with Gasteiger partial charge >= 0.3 is 12.3 Å². The van der Waals surface area contributed by atoms with Gasteiger partial charge in [-0.05, 0) is 6.07 Å². The van der Waals surface area contributed by atoms with Crippen molar-refractivity contribution in [1.82, 2.24) is 30.0 Å². The maximum absolute atomic E-state index is 13.8. The third-order valence-corrected chi connectivity index (χ3v) is 7.25. The highest BCUT2D eigenvalue weighted by Crippen LogP contribution is 2.40. The number of ether oxygens (including phenoxy) is 1. The van der Waals surface area contributed by atoms with E-state index in [2.05, 4.69) is 20.4 Å². The number of halogens is 3. The molecule has 186 valence electrons. The van der Waals surface area contributed by atoms with E-state index in [0.717, 1.165) is 17.4 Å². The summed E-state index contributed by atoms with van der Waals surface area (Å²) in [5, 5.41) is 7.90. The highest BCUT2D eigenvalue weighted by atomic mass is 32.1. The van der Waals surface area contributed by atoms with Crippen molar-refractivity contribution in [2.45, 2.75) is 31.2 Å². The molecule has 3 aromatic heterocycles. The first-order chi connectivity index (χ1) is 16.7. The fourth-order valence-corrected chi connectivity index (χ4v) is 5.28. The van der Waals surface area contributed by atoms with Crippen molar-refractivity contribution in [2.75, 3.05) is 38.1 Å². The number of hydrogen-bond donors (Lipinski definition) is 1. The first-order valence-electron chi connectivity index (χ1n) is 11.0. The minimum absolute atomic E-state index is 0.0347. The van der Waals surface area contributed by atoms with E-state index in [1.807, 2.05) is 0 Å². The smallest absolute Gasteiger partial charge is 0.417 e. The molecule has 2 fully saturated rings. The fraction of sp³-hybridized carbons (Fsp3) is 0.476. The Morgan fingerprint density at radius 1 is 1.23 bits per heavy atom. The van der Waals surface area contributed by atoms with Gasteiger partial charge in [0.05, 0.1) is 27.4 Å². The number of thiophene rings is 1. The molecule has 0 aromatic carbocycles. The van der Waals surface area contributed by atoms with Crippen LogP contribution < -0.4 is 10.2 Å². The molecule has 2 amide bonds. The summed E-state index contributed by atoms with van der Waals surface area (Å²) in [6.07, 6.45) is -1.37. The van der Waals surface area contributed by atoms with Crippen LogP contribution in [0.15, 0.2) is 24.1 Å². The molecule has 5 heterocycles. The first-order valence-corrected chi connectivity index (χ1v) is 11.9. The van der Waals surface area contributed by atoms with Crippen LogP contribution in [0.5, 0.6) is 0 Å². The number of anilines is 1. The maximum atomic E-state index is 13.8. The van der Waals surface area contributed by atoms with Crippen molar-refractivity contribution in [3.8, 4) is 0 Å². The zero-order chi connectivity index (χ0) is 24.7. The number of piperidine rings is 1. The Hall–Kier alpha value is -3.42. The minimum atomic E-state index is -4.59. The number of aromatic nitrogens is 4. The predicted molar refractivity (Wildman–Crippen MR) is 120 cm³/mol. The van der Waals surface area contributed by atoms with Crippen LogP contribution in [0.1, 0.15) is 34.8 Å². The fourth-order valence-electron chi connectivity index (χ4n) is 4.26. The number of pyridine rings is 1. The summed E-state index contributed by atoms with van der Waals surface area (Å²) in [6, 6.07) is 1.11. The monoisotopic (exact) mass is 509 g/mol. The molecule has 2 saturated heterocycles. The predicted octanol–water partition coefficient (Wildman–Crippen LogP) is 2.93. The molecule has 10 nitrogen and oxygen atoms in total. The Balaban J connectivity index is 1.25. The summed E-state index contributed by atoms with van der Waals surface area (Å²) in [5.74, 6) is -0.340. The number of alkyl halides is 3. The Morgan fingerprint density at radius 2 is 1.97 bits per heavy atom. The molecule has 2 aliphatic rings. The van der Waals surface area contributed by atoms with Crippen molar-refractivity contribution >= 4 is 39.4 Å². The molecule has 0 bridgehead atoms. The Labute approximate surface area is 201 Å². The second-order valence-corrected chi connectivity index (χ2v) is 9.32. The highest BCUT2D eigenvalue weighted by Gasteiger charge is 2.37. The molecule has 0 spiro atoms. The molecule has 0 unspecified atom stereocenters. The SMILES string of the molecule is CNC(=O)c1csc2c(C(F)(F)F)cc(N3CCC(OC(=O)N4CC(n5cncn5)C4)CC3)nc12. The molecule has 14 heteroatoms. The van der Waals surface area contributed by atoms with Crippen LogP contribution in [-0.2, 0) is 10.9 Å². The van der Waals surface area contributed by atoms with E-state index in [-0.39, 0.29) is 33.7 Å². The van der Waals surface area contributed by atoms with E-state index < -0.39 is 23.7 Å². The maximum Gasteiger partial charge on any atom is 0.417 e. The number of nitrogens with one attached hydrogen (secondary N) is 1. The van der Waals surface area contributed by atoms with E-state index in [4.69, 9.17) is 4.74 Å². The normalized spacial score (nSPS) is 17.5. The number of likely N-dealkylation sites (tertiary alicyclic amines) is 1. The summed E-state index contributed by atoms with van der Waals surface area (Å²) < 4.78 is 48.6. The average Bonchev–Trinajstić information content (AvgIpc) is 3.47. The molecular formula is C21H22F3N7O3S. The molecule has 35 heavy (non-hydrogen) atoms. The van der Waals surface area contributed by atoms with Gasteiger partial charge in [-0.3, -0.25) is 4.79 Å². The van der Waals surface area contributed by atoms with Crippen molar-refractivity contribution in [3.63, 3.8) is 0 Å². The number of carbonyl (C=O) groups is 2. The van der Waals surface area contributed by atoms with Crippen LogP contribution in [0.4, 0.5) is 23.8 Å². The lowest BCUT2D eigenvalue weighted by Gasteiger charge is -2.39. The third kappa shape index (κ3) is 4.49. The van der Waals surface area contributed by atoms with Crippen LogP contribution in [0.3, 0.4) is 0 Å². The van der Waals surface area contributed by atoms with Gasteiger partial charge in [0.2, 0.25) is 0 Å². The van der Waals surface area contributed by atoms with Gasteiger partial charge in [0.25, 0.3) is 5.91 Å². The van der Waals surface area contributed by atoms with Crippen LogP contribution in [0.2, 0.25) is 0 Å². The van der Waals surface area contributed by atoms with Crippen LogP contribution in [0.25, 0.3) is 10.2 Å². The van der Waals surface area contributed by atoms with Crippen LogP contribution in [0, 0.1) is 0 Å². The average molecular weight is 510 g/mol. The standard InChI is InChI=1S/C21H22F3N7O3S/c1-25-19(32)14-9-35-18-15(21(22,23)24)6-16(28-17(14)18)29-4-2-13(3-5-29)34-20(33)30-7-12(8-30)31-11-26-10-27-31/h6,9-13H,2-5,7-8H2,1H3,(H,25,32). The van der Waals surface area contributed by atoms with Gasteiger partial charge in [0.15, 0.2) is 0 Å². The van der Waals surface area contributed by atoms with Gasteiger partial charge in [-0.2, -0.15) is 18.3 Å². The van der Waals surface area contributed by atoms with E-state index >= 15 is 0 Å². The Morgan fingerprint density at radius 3 is 2.60 bits per heavy atom. The molecule has 0 saturated carbocycles. The number of nitrogens with zero attached hydrogens (tertiary/aromatic N) is 6. The largest absolute Gasteiger partial charge is 0.446 e. The molecule has 0 radical (unpaired) electrons.